The molecule has 3 aliphatic carbocycles. The lowest BCUT2D eigenvalue weighted by Gasteiger charge is -2.50. The van der Waals surface area contributed by atoms with Crippen LogP contribution in [0.2, 0.25) is 0 Å². The fourth-order valence-corrected chi connectivity index (χ4v) is 5.15. The molecule has 0 amide bonds. The summed E-state index contributed by atoms with van der Waals surface area (Å²) in [5.74, 6) is 0.838. The summed E-state index contributed by atoms with van der Waals surface area (Å²) in [7, 11) is -3.53. The van der Waals surface area contributed by atoms with Gasteiger partial charge in [0.2, 0.25) is 0 Å². The van der Waals surface area contributed by atoms with Crippen LogP contribution in [0.3, 0.4) is 0 Å². The highest BCUT2D eigenvalue weighted by atomic mass is 32.2. The molecule has 0 saturated heterocycles. The normalized spacial score (nSPS) is 42.4. The minimum absolute atomic E-state index is 0.0781. The zero-order valence-electron chi connectivity index (χ0n) is 11.3. The van der Waals surface area contributed by atoms with Crippen LogP contribution in [-0.2, 0) is 19.1 Å². The van der Waals surface area contributed by atoms with Crippen LogP contribution in [0.5, 0.6) is 0 Å². The van der Waals surface area contributed by atoms with Crippen LogP contribution in [0.25, 0.3) is 0 Å². The summed E-state index contributed by atoms with van der Waals surface area (Å²) in [6.07, 6.45) is 8.43. The Hall–Kier alpha value is -0.680. The van der Waals surface area contributed by atoms with E-state index >= 15 is 0 Å². The van der Waals surface area contributed by atoms with Gasteiger partial charge < -0.3 is 0 Å². The second kappa shape index (κ2) is 4.16. The van der Waals surface area contributed by atoms with Gasteiger partial charge in [-0.2, -0.15) is 8.42 Å². The maximum Gasteiger partial charge on any atom is 0.264 e. The van der Waals surface area contributed by atoms with Crippen LogP contribution < -0.4 is 0 Å². The first kappa shape index (κ1) is 13.3. The van der Waals surface area contributed by atoms with Crippen molar-refractivity contribution in [3.63, 3.8) is 0 Å². The smallest absolute Gasteiger partial charge is 0.264 e. The lowest BCUT2D eigenvalue weighted by molar-refractivity contribution is -0.153. The van der Waals surface area contributed by atoms with Crippen molar-refractivity contribution in [2.24, 2.45) is 23.2 Å². The number of carbonyl (C=O) groups is 1. The molecule has 0 unspecified atom stereocenters. The zero-order valence-corrected chi connectivity index (χ0v) is 12.2. The molecule has 0 aromatic heterocycles. The minimum Gasteiger partial charge on any atom is -0.299 e. The fourth-order valence-electron chi connectivity index (χ4n) is 4.45. The third-order valence-electron chi connectivity index (χ3n) is 5.24. The Bertz CT molecular complexity index is 536. The molecule has 106 valence electrons. The highest BCUT2D eigenvalue weighted by Crippen LogP contribution is 2.57. The summed E-state index contributed by atoms with van der Waals surface area (Å²) in [6, 6.07) is 0. The third-order valence-corrected chi connectivity index (χ3v) is 5.88. The summed E-state index contributed by atoms with van der Waals surface area (Å²) >= 11 is 0. The molecule has 5 atom stereocenters. The van der Waals surface area contributed by atoms with Gasteiger partial charge in [0.25, 0.3) is 10.1 Å². The van der Waals surface area contributed by atoms with E-state index in [0.717, 1.165) is 31.9 Å². The van der Waals surface area contributed by atoms with Crippen LogP contribution in [0.15, 0.2) is 12.2 Å². The molecule has 0 spiro atoms. The van der Waals surface area contributed by atoms with Gasteiger partial charge in [0.1, 0.15) is 5.78 Å². The molecule has 0 radical (unpaired) electrons. The van der Waals surface area contributed by atoms with E-state index in [9.17, 15) is 13.2 Å². The van der Waals surface area contributed by atoms with Crippen LogP contribution in [0.4, 0.5) is 0 Å². The van der Waals surface area contributed by atoms with Crippen LogP contribution in [-0.4, -0.2) is 26.6 Å². The third kappa shape index (κ3) is 1.89. The Morgan fingerprint density at radius 1 is 1.42 bits per heavy atom. The molecule has 4 bridgehead atoms. The summed E-state index contributed by atoms with van der Waals surface area (Å²) in [4.78, 5) is 12.8. The highest BCUT2D eigenvalue weighted by Gasteiger charge is 2.60. The Labute approximate surface area is 114 Å². The topological polar surface area (TPSA) is 60.4 Å². The van der Waals surface area contributed by atoms with Crippen molar-refractivity contribution < 1.29 is 17.4 Å². The number of ketones is 1. The Kier molecular flexibility index (Phi) is 2.91. The molecule has 3 aliphatic rings. The lowest BCUT2D eigenvalue weighted by Crippen LogP contribution is -2.56. The summed E-state index contributed by atoms with van der Waals surface area (Å²) in [5.41, 5.74) is -0.616. The number of Topliss-reactive ketones (excluding diaryl/α,β-unsaturated/α-hetero) is 1. The van der Waals surface area contributed by atoms with Crippen LogP contribution in [0, 0.1) is 23.2 Å². The number of hydrogen-bond acceptors (Lipinski definition) is 4. The molecule has 0 aromatic carbocycles. The molecule has 3 rings (SSSR count). The van der Waals surface area contributed by atoms with Crippen molar-refractivity contribution in [1.29, 1.82) is 0 Å². The molecule has 0 heterocycles. The molecular weight excluding hydrogens is 264 g/mol. The molecule has 4 nitrogen and oxygen atoms in total. The largest absolute Gasteiger partial charge is 0.299 e. The molecule has 19 heavy (non-hydrogen) atoms. The molecule has 0 N–H and O–H groups in total. The number of hydrogen-bond donors (Lipinski definition) is 0. The molecule has 0 aliphatic heterocycles. The van der Waals surface area contributed by atoms with Crippen molar-refractivity contribution in [2.75, 3.05) is 6.26 Å². The van der Waals surface area contributed by atoms with Crippen molar-refractivity contribution in [2.45, 2.75) is 38.7 Å². The monoisotopic (exact) mass is 284 g/mol. The van der Waals surface area contributed by atoms with E-state index in [0.29, 0.717) is 5.92 Å². The van der Waals surface area contributed by atoms with Crippen molar-refractivity contribution >= 4 is 15.9 Å². The van der Waals surface area contributed by atoms with Crippen LogP contribution in [0.1, 0.15) is 32.6 Å². The Morgan fingerprint density at radius 2 is 2.16 bits per heavy atom. The number of fused-ring (bicyclic) bond motifs is 6. The van der Waals surface area contributed by atoms with E-state index in [1.165, 1.54) is 0 Å². The lowest BCUT2D eigenvalue weighted by atomic mass is 9.53. The second-order valence-electron chi connectivity index (χ2n) is 6.24. The summed E-state index contributed by atoms with van der Waals surface area (Å²) in [6.45, 7) is 1.74. The zero-order chi connectivity index (χ0) is 13.8. The summed E-state index contributed by atoms with van der Waals surface area (Å²) in [5, 5.41) is 0. The first-order valence-electron chi connectivity index (χ1n) is 6.95. The molecule has 2 fully saturated rings. The van der Waals surface area contributed by atoms with E-state index in [-0.39, 0.29) is 17.6 Å². The van der Waals surface area contributed by atoms with E-state index < -0.39 is 21.6 Å². The van der Waals surface area contributed by atoms with Crippen molar-refractivity contribution in [3.05, 3.63) is 12.2 Å². The van der Waals surface area contributed by atoms with Gasteiger partial charge in [0.15, 0.2) is 0 Å². The molecular formula is C14H20O4S. The average molecular weight is 284 g/mol. The van der Waals surface area contributed by atoms with Gasteiger partial charge in [-0.3, -0.25) is 8.98 Å². The predicted molar refractivity (Wildman–Crippen MR) is 70.9 cm³/mol. The van der Waals surface area contributed by atoms with Crippen molar-refractivity contribution in [1.82, 2.24) is 0 Å². The number of rotatable bonds is 3. The van der Waals surface area contributed by atoms with E-state index in [1.54, 1.807) is 6.92 Å². The average Bonchev–Trinajstić information content (AvgIpc) is 2.72. The van der Waals surface area contributed by atoms with E-state index in [2.05, 4.69) is 12.2 Å². The SMILES string of the molecule is C[C@H](OS(C)(=O)=O)[C@]12CCC[C@H](C1=O)[C@@H]1C=C[C@H]2C1. The van der Waals surface area contributed by atoms with Gasteiger partial charge >= 0.3 is 0 Å². The van der Waals surface area contributed by atoms with Gasteiger partial charge in [-0.05, 0) is 38.0 Å². The quantitative estimate of drug-likeness (QED) is 0.587. The van der Waals surface area contributed by atoms with Crippen LogP contribution >= 0.6 is 0 Å². The maximum atomic E-state index is 12.8. The number of carbonyl (C=O) groups excluding carboxylic acids is 1. The highest BCUT2D eigenvalue weighted by molar-refractivity contribution is 7.86. The van der Waals surface area contributed by atoms with Gasteiger partial charge in [0, 0.05) is 5.92 Å². The molecule has 0 aromatic rings. The van der Waals surface area contributed by atoms with E-state index in [1.807, 2.05) is 0 Å². The van der Waals surface area contributed by atoms with Gasteiger partial charge in [-0.1, -0.05) is 18.6 Å². The molecule has 2 saturated carbocycles. The van der Waals surface area contributed by atoms with E-state index in [4.69, 9.17) is 4.18 Å². The minimum atomic E-state index is -3.53. The number of allylic oxidation sites excluding steroid dienone is 2. The second-order valence-corrected chi connectivity index (χ2v) is 7.84. The Morgan fingerprint density at radius 3 is 2.84 bits per heavy atom. The fraction of sp³-hybridized carbons (Fsp3) is 0.786. The maximum absolute atomic E-state index is 12.8. The van der Waals surface area contributed by atoms with Gasteiger partial charge in [-0.25, -0.2) is 0 Å². The molecule has 5 heteroatoms. The van der Waals surface area contributed by atoms with Gasteiger partial charge in [0.05, 0.1) is 17.8 Å². The first-order chi connectivity index (χ1) is 8.84. The predicted octanol–water partition coefficient (Wildman–Crippen LogP) is 1.91. The Balaban J connectivity index is 1.99. The van der Waals surface area contributed by atoms with Gasteiger partial charge in [-0.15, -0.1) is 0 Å². The first-order valence-corrected chi connectivity index (χ1v) is 8.77. The summed E-state index contributed by atoms with van der Waals surface area (Å²) < 4.78 is 28.0. The van der Waals surface area contributed by atoms with Crippen molar-refractivity contribution in [3.8, 4) is 0 Å². The standard InChI is InChI=1S/C14H20O4S/c1-9(18-19(2,16)17)14-7-3-4-12(13(14)15)10-5-6-11(14)8-10/h5-6,9-12H,3-4,7-8H2,1-2H3/t9-,10+,11-,12-,14-/m0/s1.